The van der Waals surface area contributed by atoms with Crippen molar-refractivity contribution in [1.29, 1.82) is 5.26 Å². The number of nitriles is 1. The van der Waals surface area contributed by atoms with E-state index in [-0.39, 0.29) is 23.1 Å². The van der Waals surface area contributed by atoms with Crippen LogP contribution in [0.4, 0.5) is 5.95 Å². The first-order valence-corrected chi connectivity index (χ1v) is 10.2. The molecule has 1 aliphatic rings. The number of rotatable bonds is 1. The molecule has 150 valence electrons. The number of aromatic nitrogens is 4. The number of hydrogen-bond donors (Lipinski definition) is 0. The highest BCUT2D eigenvalue weighted by Gasteiger charge is 2.36. The van der Waals surface area contributed by atoms with E-state index in [4.69, 9.17) is 6.57 Å². The van der Waals surface area contributed by atoms with E-state index in [2.05, 4.69) is 76.1 Å². The highest BCUT2D eigenvalue weighted by Crippen LogP contribution is 2.50. The molecule has 0 fully saturated rings. The van der Waals surface area contributed by atoms with Crippen LogP contribution in [-0.2, 0) is 5.41 Å². The summed E-state index contributed by atoms with van der Waals surface area (Å²) in [6.45, 7) is 11.9. The molecule has 0 bridgehead atoms. The summed E-state index contributed by atoms with van der Waals surface area (Å²) >= 11 is 0. The summed E-state index contributed by atoms with van der Waals surface area (Å²) in [5, 5.41) is 11.5. The molecule has 0 aliphatic heterocycles. The van der Waals surface area contributed by atoms with E-state index < -0.39 is 0 Å². The van der Waals surface area contributed by atoms with Gasteiger partial charge in [0.2, 0.25) is 0 Å². The average Bonchev–Trinajstić information content (AvgIpc) is 3.27. The number of fused-ring (bicyclic) bond motifs is 6. The SMILES string of the molecule is [C-]#[N+]c1nc(C#N)nc(-n2c3ccccc3c3cc4c(cc32)-c2ccccc2C4(C)C)n1. The monoisotopic (exact) mass is 412 g/mol. The molecule has 0 saturated heterocycles. The van der Waals surface area contributed by atoms with Gasteiger partial charge in [-0.1, -0.05) is 56.3 Å². The highest BCUT2D eigenvalue weighted by atomic mass is 15.2. The van der Waals surface area contributed by atoms with Crippen LogP contribution in [0.2, 0.25) is 0 Å². The van der Waals surface area contributed by atoms with Crippen LogP contribution in [0.15, 0.2) is 60.7 Å². The van der Waals surface area contributed by atoms with Crippen LogP contribution < -0.4 is 0 Å². The number of hydrogen-bond acceptors (Lipinski definition) is 4. The molecular weight excluding hydrogens is 396 g/mol. The molecule has 6 rings (SSSR count). The van der Waals surface area contributed by atoms with Crippen LogP contribution in [0.5, 0.6) is 0 Å². The summed E-state index contributed by atoms with van der Waals surface area (Å²) < 4.78 is 1.93. The van der Waals surface area contributed by atoms with Gasteiger partial charge in [0.1, 0.15) is 0 Å². The van der Waals surface area contributed by atoms with E-state index in [1.807, 2.05) is 28.8 Å². The van der Waals surface area contributed by atoms with E-state index >= 15 is 0 Å². The van der Waals surface area contributed by atoms with Gasteiger partial charge in [0, 0.05) is 16.2 Å². The van der Waals surface area contributed by atoms with Crippen molar-refractivity contribution < 1.29 is 0 Å². The lowest BCUT2D eigenvalue weighted by molar-refractivity contribution is 0.661. The smallest absolute Gasteiger partial charge is 0.377 e. The fourth-order valence-electron chi connectivity index (χ4n) is 4.93. The highest BCUT2D eigenvalue weighted by molar-refractivity contribution is 6.11. The van der Waals surface area contributed by atoms with Crippen molar-refractivity contribution in [3.8, 4) is 23.1 Å². The lowest BCUT2D eigenvalue weighted by Crippen LogP contribution is -2.14. The molecule has 5 aromatic rings. The fraction of sp³-hybridized carbons (Fsp3) is 0.115. The van der Waals surface area contributed by atoms with Gasteiger partial charge >= 0.3 is 5.95 Å². The van der Waals surface area contributed by atoms with Crippen LogP contribution in [-0.4, -0.2) is 19.5 Å². The predicted molar refractivity (Wildman–Crippen MR) is 123 cm³/mol. The fourth-order valence-corrected chi connectivity index (χ4v) is 4.93. The maximum atomic E-state index is 9.38. The standard InChI is InChI=1S/C26H16N6/c1-26(2)19-10-6-4-8-15(19)17-13-22-18(12-20(17)26)16-9-5-7-11-21(16)32(22)25-30-23(14-27)29-24(28-3)31-25/h4-13H,1-2H3. The Morgan fingerprint density at radius 3 is 2.47 bits per heavy atom. The molecule has 2 aromatic heterocycles. The second kappa shape index (κ2) is 6.23. The summed E-state index contributed by atoms with van der Waals surface area (Å²) in [5.74, 6) is 0.115. The Balaban J connectivity index is 1.77. The minimum Gasteiger partial charge on any atom is -0.394 e. The van der Waals surface area contributed by atoms with Crippen molar-refractivity contribution in [3.63, 3.8) is 0 Å². The number of para-hydroxylation sites is 1. The molecule has 2 heterocycles. The summed E-state index contributed by atoms with van der Waals surface area (Å²) in [4.78, 5) is 15.9. The Bertz CT molecular complexity index is 1650. The maximum absolute atomic E-state index is 9.38. The molecule has 0 amide bonds. The average molecular weight is 412 g/mol. The van der Waals surface area contributed by atoms with Crippen LogP contribution in [0, 0.1) is 17.9 Å². The molecule has 0 unspecified atom stereocenters. The summed E-state index contributed by atoms with van der Waals surface area (Å²) in [6.07, 6.45) is 0. The lowest BCUT2D eigenvalue weighted by Gasteiger charge is -2.21. The number of benzene rings is 3. The van der Waals surface area contributed by atoms with Gasteiger partial charge in [0.05, 0.1) is 11.0 Å². The van der Waals surface area contributed by atoms with Gasteiger partial charge in [-0.05, 0) is 40.5 Å². The molecule has 0 radical (unpaired) electrons. The quantitative estimate of drug-likeness (QED) is 0.331. The van der Waals surface area contributed by atoms with Crippen molar-refractivity contribution in [2.45, 2.75) is 19.3 Å². The van der Waals surface area contributed by atoms with Gasteiger partial charge in [0.15, 0.2) is 6.07 Å². The van der Waals surface area contributed by atoms with Crippen molar-refractivity contribution in [3.05, 3.63) is 89.0 Å². The molecule has 0 saturated carbocycles. The van der Waals surface area contributed by atoms with Crippen molar-refractivity contribution in [2.24, 2.45) is 0 Å². The molecule has 0 atom stereocenters. The first-order chi connectivity index (χ1) is 15.5. The largest absolute Gasteiger partial charge is 0.394 e. The van der Waals surface area contributed by atoms with E-state index in [0.29, 0.717) is 0 Å². The van der Waals surface area contributed by atoms with Gasteiger partial charge in [-0.3, -0.25) is 4.57 Å². The molecule has 0 spiro atoms. The molecule has 0 N–H and O–H groups in total. The van der Waals surface area contributed by atoms with Crippen LogP contribution in [0.25, 0.3) is 43.7 Å². The van der Waals surface area contributed by atoms with Crippen molar-refractivity contribution in [1.82, 2.24) is 19.5 Å². The van der Waals surface area contributed by atoms with E-state index in [9.17, 15) is 5.26 Å². The second-order valence-electron chi connectivity index (χ2n) is 8.42. The van der Waals surface area contributed by atoms with Crippen molar-refractivity contribution in [2.75, 3.05) is 0 Å². The predicted octanol–water partition coefficient (Wildman–Crippen LogP) is 5.70. The zero-order chi connectivity index (χ0) is 22.0. The third-order valence-corrected chi connectivity index (χ3v) is 6.39. The summed E-state index contributed by atoms with van der Waals surface area (Å²) in [7, 11) is 0. The Hall–Kier alpha value is -4.55. The maximum Gasteiger partial charge on any atom is 0.377 e. The molecule has 6 nitrogen and oxygen atoms in total. The third kappa shape index (κ3) is 2.29. The Kier molecular flexibility index (Phi) is 3.55. The zero-order valence-corrected chi connectivity index (χ0v) is 17.5. The van der Waals surface area contributed by atoms with Gasteiger partial charge in [-0.15, -0.1) is 16.5 Å². The number of nitrogens with zero attached hydrogens (tertiary/aromatic N) is 6. The first kappa shape index (κ1) is 18.2. The second-order valence-corrected chi connectivity index (χ2v) is 8.42. The molecule has 32 heavy (non-hydrogen) atoms. The van der Waals surface area contributed by atoms with Gasteiger partial charge in [-0.2, -0.15) is 10.2 Å². The lowest BCUT2D eigenvalue weighted by atomic mass is 9.82. The summed E-state index contributed by atoms with van der Waals surface area (Å²) in [6, 6.07) is 23.0. The van der Waals surface area contributed by atoms with Gasteiger partial charge in [0.25, 0.3) is 11.8 Å². The van der Waals surface area contributed by atoms with Gasteiger partial charge in [-0.25, -0.2) is 0 Å². The normalized spacial score (nSPS) is 13.5. The van der Waals surface area contributed by atoms with Crippen LogP contribution >= 0.6 is 0 Å². The molecule has 1 aliphatic carbocycles. The topological polar surface area (TPSA) is 71.8 Å². The minimum atomic E-state index is -0.109. The summed E-state index contributed by atoms with van der Waals surface area (Å²) in [5.41, 5.74) is 6.74. The zero-order valence-electron chi connectivity index (χ0n) is 17.5. The Morgan fingerprint density at radius 1 is 0.875 bits per heavy atom. The first-order valence-electron chi connectivity index (χ1n) is 10.2. The van der Waals surface area contributed by atoms with Gasteiger partial charge < -0.3 is 4.85 Å². The van der Waals surface area contributed by atoms with E-state index in [0.717, 1.165) is 21.8 Å². The Labute approximate surface area is 184 Å². The third-order valence-electron chi connectivity index (χ3n) is 6.39. The minimum absolute atomic E-state index is 0.0698. The molecule has 3 aromatic carbocycles. The van der Waals surface area contributed by atoms with E-state index in [1.165, 1.54) is 22.3 Å². The molecular formula is C26H16N6. The molecule has 6 heteroatoms. The van der Waals surface area contributed by atoms with Crippen molar-refractivity contribution >= 4 is 27.8 Å². The van der Waals surface area contributed by atoms with Crippen LogP contribution in [0.3, 0.4) is 0 Å². The Morgan fingerprint density at radius 2 is 1.66 bits per heavy atom. The van der Waals surface area contributed by atoms with E-state index in [1.54, 1.807) is 0 Å². The van der Waals surface area contributed by atoms with Crippen LogP contribution in [0.1, 0.15) is 30.8 Å².